The molecule has 1 atom stereocenters. The minimum atomic E-state index is -2.85. The van der Waals surface area contributed by atoms with Crippen LogP contribution in [0.4, 0.5) is 14.5 Å². The number of hydrogen-bond acceptors (Lipinski definition) is 6. The summed E-state index contributed by atoms with van der Waals surface area (Å²) in [4.78, 5) is 10.3. The summed E-state index contributed by atoms with van der Waals surface area (Å²) in [6.45, 7) is 0.637. The first-order chi connectivity index (χ1) is 13.0. The average Bonchev–Trinajstić information content (AvgIpc) is 3.27. The number of para-hydroxylation sites is 2. The van der Waals surface area contributed by atoms with Gasteiger partial charge in [0.25, 0.3) is 0 Å². The van der Waals surface area contributed by atoms with E-state index in [0.29, 0.717) is 36.5 Å². The molecule has 1 aromatic heterocycles. The lowest BCUT2D eigenvalue weighted by Gasteiger charge is -2.22. The van der Waals surface area contributed by atoms with Gasteiger partial charge in [0.15, 0.2) is 11.8 Å². The van der Waals surface area contributed by atoms with Gasteiger partial charge in [0, 0.05) is 33.1 Å². The summed E-state index contributed by atoms with van der Waals surface area (Å²) in [5, 5.41) is 10.3. The van der Waals surface area contributed by atoms with Crippen molar-refractivity contribution in [3.63, 3.8) is 0 Å². The number of guanidine groups is 1. The van der Waals surface area contributed by atoms with Crippen LogP contribution in [-0.4, -0.2) is 48.9 Å². The fourth-order valence-corrected chi connectivity index (χ4v) is 2.97. The fraction of sp³-hybridized carbons (Fsp3) is 0.471. The zero-order chi connectivity index (χ0) is 19.2. The summed E-state index contributed by atoms with van der Waals surface area (Å²) in [6, 6.07) is 6.93. The topological polar surface area (TPSA) is 87.8 Å². The lowest BCUT2D eigenvalue weighted by atomic mass is 10.2. The van der Waals surface area contributed by atoms with Crippen LogP contribution < -0.4 is 20.3 Å². The van der Waals surface area contributed by atoms with E-state index in [-0.39, 0.29) is 11.8 Å². The van der Waals surface area contributed by atoms with Crippen LogP contribution in [0.3, 0.4) is 0 Å². The Balaban J connectivity index is 1.56. The van der Waals surface area contributed by atoms with Crippen molar-refractivity contribution in [2.75, 3.05) is 25.0 Å². The van der Waals surface area contributed by atoms with Crippen molar-refractivity contribution in [3.8, 4) is 5.75 Å². The normalized spacial score (nSPS) is 17.4. The maximum Gasteiger partial charge on any atom is 0.387 e. The third-order valence-corrected chi connectivity index (χ3v) is 4.16. The molecule has 10 heteroatoms. The molecule has 1 fully saturated rings. The number of nitrogens with zero attached hydrogens (tertiary/aromatic N) is 4. The summed E-state index contributed by atoms with van der Waals surface area (Å²) >= 11 is 0. The van der Waals surface area contributed by atoms with E-state index in [4.69, 9.17) is 4.52 Å². The number of hydrogen-bond donors (Lipinski definition) is 2. The first-order valence-corrected chi connectivity index (χ1v) is 8.60. The van der Waals surface area contributed by atoms with E-state index in [1.807, 2.05) is 11.0 Å². The molecule has 1 aliphatic heterocycles. The number of aryl methyl sites for hydroxylation is 1. The zero-order valence-corrected chi connectivity index (χ0v) is 15.2. The van der Waals surface area contributed by atoms with Gasteiger partial charge in [-0.05, 0) is 18.6 Å². The molecule has 0 bridgehead atoms. The summed E-state index contributed by atoms with van der Waals surface area (Å²) in [7, 11) is 1.68. The predicted octanol–water partition coefficient (Wildman–Crippen LogP) is 1.92. The van der Waals surface area contributed by atoms with E-state index in [0.717, 1.165) is 13.0 Å². The number of halogens is 2. The smallest absolute Gasteiger partial charge is 0.387 e. The van der Waals surface area contributed by atoms with E-state index >= 15 is 0 Å². The summed E-state index contributed by atoms with van der Waals surface area (Å²) < 4.78 is 34.8. The van der Waals surface area contributed by atoms with Crippen LogP contribution in [0, 0.1) is 6.92 Å². The second kappa shape index (κ2) is 8.65. The van der Waals surface area contributed by atoms with E-state index in [9.17, 15) is 8.78 Å². The van der Waals surface area contributed by atoms with Crippen LogP contribution in [0.15, 0.2) is 33.8 Å². The van der Waals surface area contributed by atoms with Crippen LogP contribution in [0.2, 0.25) is 0 Å². The maximum absolute atomic E-state index is 12.6. The first-order valence-electron chi connectivity index (χ1n) is 8.60. The molecule has 1 saturated heterocycles. The lowest BCUT2D eigenvalue weighted by molar-refractivity contribution is -0.0495. The second-order valence-corrected chi connectivity index (χ2v) is 6.08. The molecule has 2 aromatic rings. The molecule has 2 N–H and O–H groups in total. The van der Waals surface area contributed by atoms with Crippen LogP contribution in [0.1, 0.15) is 18.1 Å². The quantitative estimate of drug-likeness (QED) is 0.585. The largest absolute Gasteiger partial charge is 0.433 e. The van der Waals surface area contributed by atoms with Gasteiger partial charge in [-0.25, -0.2) is 0 Å². The van der Waals surface area contributed by atoms with Crippen LogP contribution in [0.25, 0.3) is 0 Å². The van der Waals surface area contributed by atoms with Crippen molar-refractivity contribution in [1.82, 2.24) is 20.8 Å². The van der Waals surface area contributed by atoms with Gasteiger partial charge in [0.05, 0.1) is 12.2 Å². The Bertz CT molecular complexity index is 782. The van der Waals surface area contributed by atoms with Gasteiger partial charge < -0.3 is 24.8 Å². The Morgan fingerprint density at radius 2 is 2.26 bits per heavy atom. The fourth-order valence-electron chi connectivity index (χ4n) is 2.97. The standard InChI is InChI=1S/C17H22F2N6O2/c1-11-22-15(24-27-11)9-21-17(20-2)23-12-7-8-25(10-12)13-5-3-4-6-14(13)26-16(18)19/h3-6,12,16H,7-10H2,1-2H3,(H2,20,21,23). The number of rotatable bonds is 6. The van der Waals surface area contributed by atoms with Gasteiger partial charge in [-0.3, -0.25) is 4.99 Å². The molecule has 0 spiro atoms. The number of benzene rings is 1. The Hall–Kier alpha value is -2.91. The summed E-state index contributed by atoms with van der Waals surface area (Å²) in [5.74, 6) is 1.84. The molecule has 0 saturated carbocycles. The lowest BCUT2D eigenvalue weighted by Crippen LogP contribution is -2.44. The summed E-state index contributed by atoms with van der Waals surface area (Å²) in [6.07, 6.45) is 0.838. The summed E-state index contributed by atoms with van der Waals surface area (Å²) in [5.41, 5.74) is 0.660. The molecule has 0 radical (unpaired) electrons. The highest BCUT2D eigenvalue weighted by Gasteiger charge is 2.26. The van der Waals surface area contributed by atoms with Crippen molar-refractivity contribution in [3.05, 3.63) is 36.0 Å². The van der Waals surface area contributed by atoms with Crippen molar-refractivity contribution < 1.29 is 18.0 Å². The van der Waals surface area contributed by atoms with Crippen molar-refractivity contribution in [2.45, 2.75) is 32.5 Å². The average molecular weight is 380 g/mol. The molecule has 27 heavy (non-hydrogen) atoms. The molecule has 1 aromatic carbocycles. The highest BCUT2D eigenvalue weighted by molar-refractivity contribution is 5.80. The molecule has 1 unspecified atom stereocenters. The molecule has 0 amide bonds. The Morgan fingerprint density at radius 1 is 1.44 bits per heavy atom. The number of aliphatic imine (C=N–C) groups is 1. The molecule has 3 rings (SSSR count). The maximum atomic E-state index is 12.6. The van der Waals surface area contributed by atoms with Crippen molar-refractivity contribution >= 4 is 11.6 Å². The Morgan fingerprint density at radius 3 is 2.96 bits per heavy atom. The SMILES string of the molecule is CN=C(NCc1noc(C)n1)NC1CCN(c2ccccc2OC(F)F)C1. The molecule has 2 heterocycles. The molecule has 8 nitrogen and oxygen atoms in total. The van der Waals surface area contributed by atoms with Crippen LogP contribution >= 0.6 is 0 Å². The van der Waals surface area contributed by atoms with E-state index < -0.39 is 6.61 Å². The number of alkyl halides is 2. The Kier molecular flexibility index (Phi) is 6.05. The number of ether oxygens (including phenoxy) is 1. The predicted molar refractivity (Wildman–Crippen MR) is 96.1 cm³/mol. The van der Waals surface area contributed by atoms with Crippen molar-refractivity contribution in [1.29, 1.82) is 0 Å². The van der Waals surface area contributed by atoms with Gasteiger partial charge in [-0.1, -0.05) is 17.3 Å². The van der Waals surface area contributed by atoms with E-state index in [1.165, 1.54) is 0 Å². The molecule has 1 aliphatic rings. The second-order valence-electron chi connectivity index (χ2n) is 6.08. The minimum absolute atomic E-state index is 0.114. The molecule has 146 valence electrons. The number of anilines is 1. The molecular weight excluding hydrogens is 358 g/mol. The highest BCUT2D eigenvalue weighted by atomic mass is 19.3. The number of aromatic nitrogens is 2. The van der Waals surface area contributed by atoms with Gasteiger partial charge in [0.1, 0.15) is 5.75 Å². The highest BCUT2D eigenvalue weighted by Crippen LogP contribution is 2.31. The van der Waals surface area contributed by atoms with Gasteiger partial charge in [-0.15, -0.1) is 0 Å². The molecular formula is C17H22F2N6O2. The number of nitrogens with one attached hydrogen (secondary N) is 2. The minimum Gasteiger partial charge on any atom is -0.433 e. The molecule has 0 aliphatic carbocycles. The third-order valence-electron chi connectivity index (χ3n) is 4.16. The monoisotopic (exact) mass is 380 g/mol. The van der Waals surface area contributed by atoms with Gasteiger partial charge in [-0.2, -0.15) is 13.8 Å². The van der Waals surface area contributed by atoms with Crippen LogP contribution in [-0.2, 0) is 6.54 Å². The van der Waals surface area contributed by atoms with Crippen molar-refractivity contribution in [2.24, 2.45) is 4.99 Å². The van der Waals surface area contributed by atoms with Gasteiger partial charge >= 0.3 is 6.61 Å². The third kappa shape index (κ3) is 5.05. The first kappa shape index (κ1) is 18.9. The van der Waals surface area contributed by atoms with Crippen LogP contribution in [0.5, 0.6) is 5.75 Å². The van der Waals surface area contributed by atoms with Gasteiger partial charge in [0.2, 0.25) is 5.89 Å². The Labute approximate surface area is 155 Å². The van der Waals surface area contributed by atoms with E-state index in [2.05, 4.69) is 30.5 Å². The van der Waals surface area contributed by atoms with E-state index in [1.54, 1.807) is 32.2 Å². The zero-order valence-electron chi connectivity index (χ0n) is 15.2.